The van der Waals surface area contributed by atoms with E-state index in [0.717, 1.165) is 0 Å². The van der Waals surface area contributed by atoms with Gasteiger partial charge in [-0.25, -0.2) is 0 Å². The van der Waals surface area contributed by atoms with Crippen molar-refractivity contribution in [3.05, 3.63) is 28.8 Å². The van der Waals surface area contributed by atoms with Crippen LogP contribution in [-0.4, -0.2) is 12.4 Å². The Kier molecular flexibility index (Phi) is 4.03. The van der Waals surface area contributed by atoms with Crippen LogP contribution in [0, 0.1) is 0 Å². The molecule has 0 aliphatic carbocycles. The van der Waals surface area contributed by atoms with Gasteiger partial charge < -0.3 is 4.74 Å². The van der Waals surface area contributed by atoms with Gasteiger partial charge in [0.15, 0.2) is 0 Å². The Bertz CT molecular complexity index is 366. The van der Waals surface area contributed by atoms with Gasteiger partial charge in [-0.05, 0) is 30.7 Å². The number of ketones is 1. The Hall–Kier alpha value is -1.16. The molecule has 0 aliphatic rings. The first-order valence-electron chi connectivity index (χ1n) is 4.21. The van der Waals surface area contributed by atoms with Gasteiger partial charge in [0.1, 0.15) is 11.5 Å². The number of ether oxygens (including phenoxy) is 1. The zero-order valence-electron chi connectivity index (χ0n) is 7.97. The molecule has 0 heterocycles. The molecule has 1 aromatic rings. The smallest absolute Gasteiger partial charge is 0.387 e. The molecule has 0 N–H and O–H groups in total. The van der Waals surface area contributed by atoms with Crippen molar-refractivity contribution < 1.29 is 18.3 Å². The molecule has 0 unspecified atom stereocenters. The summed E-state index contributed by atoms with van der Waals surface area (Å²) in [5.74, 6) is -0.103. The van der Waals surface area contributed by atoms with Crippen molar-refractivity contribution in [2.75, 3.05) is 0 Å². The third-order valence-corrected chi connectivity index (χ3v) is 1.83. The van der Waals surface area contributed by atoms with E-state index in [1.807, 2.05) is 0 Å². The Morgan fingerprint density at radius 2 is 2.13 bits per heavy atom. The van der Waals surface area contributed by atoms with Crippen LogP contribution >= 0.6 is 11.6 Å². The highest BCUT2D eigenvalue weighted by molar-refractivity contribution is 6.30. The number of hydrogen-bond donors (Lipinski definition) is 0. The Labute approximate surface area is 90.8 Å². The highest BCUT2D eigenvalue weighted by atomic mass is 35.5. The van der Waals surface area contributed by atoms with Crippen molar-refractivity contribution in [3.63, 3.8) is 0 Å². The molecule has 15 heavy (non-hydrogen) atoms. The minimum atomic E-state index is -2.89. The van der Waals surface area contributed by atoms with Crippen molar-refractivity contribution in [1.82, 2.24) is 0 Å². The van der Waals surface area contributed by atoms with Crippen molar-refractivity contribution in [2.24, 2.45) is 0 Å². The monoisotopic (exact) mass is 234 g/mol. The zero-order chi connectivity index (χ0) is 11.4. The number of carbonyl (C=O) groups is 1. The number of carbonyl (C=O) groups excluding carboxylic acids is 1. The maximum absolute atomic E-state index is 11.9. The normalized spacial score (nSPS) is 10.5. The maximum Gasteiger partial charge on any atom is 0.387 e. The summed E-state index contributed by atoms with van der Waals surface area (Å²) < 4.78 is 28.0. The molecule has 0 aromatic heterocycles. The van der Waals surface area contributed by atoms with E-state index in [9.17, 15) is 13.6 Å². The van der Waals surface area contributed by atoms with E-state index in [2.05, 4.69) is 4.74 Å². The van der Waals surface area contributed by atoms with Crippen LogP contribution in [-0.2, 0) is 11.2 Å². The number of hydrogen-bond acceptors (Lipinski definition) is 2. The van der Waals surface area contributed by atoms with E-state index in [4.69, 9.17) is 11.6 Å². The summed E-state index contributed by atoms with van der Waals surface area (Å²) in [6.07, 6.45) is 0.153. The van der Waals surface area contributed by atoms with Crippen LogP contribution in [0.3, 0.4) is 0 Å². The van der Waals surface area contributed by atoms with Crippen LogP contribution in [0.1, 0.15) is 12.5 Å². The lowest BCUT2D eigenvalue weighted by atomic mass is 10.1. The maximum atomic E-state index is 11.9. The molecule has 1 rings (SSSR count). The van der Waals surface area contributed by atoms with Crippen molar-refractivity contribution in [3.8, 4) is 5.75 Å². The van der Waals surface area contributed by atoms with E-state index >= 15 is 0 Å². The topological polar surface area (TPSA) is 26.3 Å². The Balaban J connectivity index is 2.89. The predicted molar refractivity (Wildman–Crippen MR) is 52.5 cm³/mol. The second kappa shape index (κ2) is 5.07. The van der Waals surface area contributed by atoms with Gasteiger partial charge in [-0.2, -0.15) is 8.78 Å². The van der Waals surface area contributed by atoms with Gasteiger partial charge in [-0.3, -0.25) is 4.79 Å². The van der Waals surface area contributed by atoms with Gasteiger partial charge in [0.25, 0.3) is 0 Å². The van der Waals surface area contributed by atoms with Crippen LogP contribution in [0.15, 0.2) is 18.2 Å². The highest BCUT2D eigenvalue weighted by Crippen LogP contribution is 2.22. The van der Waals surface area contributed by atoms with E-state index in [-0.39, 0.29) is 23.0 Å². The average Bonchev–Trinajstić information content (AvgIpc) is 1.98. The molecule has 82 valence electrons. The fraction of sp³-hybridized carbons (Fsp3) is 0.300. The first kappa shape index (κ1) is 11.9. The third kappa shape index (κ3) is 4.25. The molecule has 5 heteroatoms. The summed E-state index contributed by atoms with van der Waals surface area (Å²) in [7, 11) is 0. The van der Waals surface area contributed by atoms with Gasteiger partial charge in [-0.1, -0.05) is 11.6 Å². The minimum Gasteiger partial charge on any atom is -0.435 e. The molecule has 0 fully saturated rings. The zero-order valence-corrected chi connectivity index (χ0v) is 8.72. The summed E-state index contributed by atoms with van der Waals surface area (Å²) in [5.41, 5.74) is 0.561. The van der Waals surface area contributed by atoms with Crippen LogP contribution in [0.5, 0.6) is 5.75 Å². The third-order valence-electron chi connectivity index (χ3n) is 1.61. The molecule has 0 atom stereocenters. The lowest BCUT2D eigenvalue weighted by molar-refractivity contribution is -0.116. The molecule has 0 aliphatic heterocycles. The van der Waals surface area contributed by atoms with Gasteiger partial charge in [-0.15, -0.1) is 0 Å². The summed E-state index contributed by atoms with van der Waals surface area (Å²) in [5, 5.41) is 0.268. The molecule has 0 saturated carbocycles. The second-order valence-corrected chi connectivity index (χ2v) is 3.49. The highest BCUT2D eigenvalue weighted by Gasteiger charge is 2.07. The van der Waals surface area contributed by atoms with Crippen molar-refractivity contribution in [2.45, 2.75) is 20.0 Å². The number of Topliss-reactive ketones (excluding diaryl/α,β-unsaturated/α-hetero) is 1. The van der Waals surface area contributed by atoms with Crippen molar-refractivity contribution in [1.29, 1.82) is 0 Å². The van der Waals surface area contributed by atoms with E-state index in [0.29, 0.717) is 5.56 Å². The molecule has 1 aromatic carbocycles. The quantitative estimate of drug-likeness (QED) is 0.800. The lowest BCUT2D eigenvalue weighted by Crippen LogP contribution is -2.03. The SMILES string of the molecule is CC(=O)Cc1cc(Cl)cc(OC(F)F)c1. The number of halogens is 3. The van der Waals surface area contributed by atoms with E-state index in [1.54, 1.807) is 6.07 Å². The van der Waals surface area contributed by atoms with Crippen molar-refractivity contribution >= 4 is 17.4 Å². The lowest BCUT2D eigenvalue weighted by Gasteiger charge is -2.06. The Morgan fingerprint density at radius 3 is 2.67 bits per heavy atom. The number of rotatable bonds is 4. The molecular formula is C10H9ClF2O2. The average molecular weight is 235 g/mol. The Morgan fingerprint density at radius 1 is 1.47 bits per heavy atom. The largest absolute Gasteiger partial charge is 0.435 e. The number of benzene rings is 1. The summed E-state index contributed by atoms with van der Waals surface area (Å²) in [6, 6.07) is 4.19. The molecular weight excluding hydrogens is 226 g/mol. The first-order valence-corrected chi connectivity index (χ1v) is 4.59. The summed E-state index contributed by atoms with van der Waals surface area (Å²) in [6.45, 7) is -1.48. The van der Waals surface area contributed by atoms with Gasteiger partial charge in [0.2, 0.25) is 0 Å². The molecule has 0 radical (unpaired) electrons. The second-order valence-electron chi connectivity index (χ2n) is 3.05. The fourth-order valence-electron chi connectivity index (χ4n) is 1.18. The van der Waals surface area contributed by atoms with Crippen LogP contribution in [0.25, 0.3) is 0 Å². The molecule has 0 saturated heterocycles. The molecule has 0 amide bonds. The summed E-state index contributed by atoms with van der Waals surface area (Å²) >= 11 is 5.68. The van der Waals surface area contributed by atoms with Gasteiger partial charge >= 0.3 is 6.61 Å². The standard InChI is InChI=1S/C10H9ClF2O2/c1-6(14)2-7-3-8(11)5-9(4-7)15-10(12)13/h3-5,10H,2H2,1H3. The van der Waals surface area contributed by atoms with Crippen LogP contribution in [0.4, 0.5) is 8.78 Å². The minimum absolute atomic E-state index is 0.0336. The van der Waals surface area contributed by atoms with E-state index in [1.165, 1.54) is 19.1 Å². The van der Waals surface area contributed by atoms with E-state index < -0.39 is 6.61 Å². The number of alkyl halides is 2. The first-order chi connectivity index (χ1) is 6.97. The summed E-state index contributed by atoms with van der Waals surface area (Å²) in [4.78, 5) is 10.8. The molecule has 0 spiro atoms. The molecule has 2 nitrogen and oxygen atoms in total. The van der Waals surface area contributed by atoms with Crippen LogP contribution < -0.4 is 4.74 Å². The van der Waals surface area contributed by atoms with Crippen LogP contribution in [0.2, 0.25) is 5.02 Å². The van der Waals surface area contributed by atoms with Gasteiger partial charge in [0.05, 0.1) is 0 Å². The predicted octanol–water partition coefficient (Wildman–Crippen LogP) is 3.07. The van der Waals surface area contributed by atoms with Gasteiger partial charge in [0, 0.05) is 11.4 Å². The fourth-order valence-corrected chi connectivity index (χ4v) is 1.43. The molecule has 0 bridgehead atoms.